The lowest BCUT2D eigenvalue weighted by Crippen LogP contribution is -2.45. The first-order valence-corrected chi connectivity index (χ1v) is 6.86. The first-order valence-electron chi connectivity index (χ1n) is 6.86. The second-order valence-corrected chi connectivity index (χ2v) is 6.52. The molecule has 4 heteroatoms. The Kier molecular flexibility index (Phi) is 7.12. The van der Waals surface area contributed by atoms with Crippen molar-refractivity contribution in [2.75, 3.05) is 0 Å². The topological polar surface area (TPSA) is 58.6 Å². The maximum absolute atomic E-state index is 11.8. The third kappa shape index (κ3) is 8.65. The molecule has 0 rings (SSSR count). The van der Waals surface area contributed by atoms with E-state index in [2.05, 4.69) is 25.7 Å². The summed E-state index contributed by atoms with van der Waals surface area (Å²) in [6.45, 7) is 15.1. The van der Waals surface area contributed by atoms with Gasteiger partial charge in [0, 0.05) is 0 Å². The van der Waals surface area contributed by atoms with Gasteiger partial charge in [-0.2, -0.15) is 0 Å². The molecular weight excluding hydrogens is 242 g/mol. The van der Waals surface area contributed by atoms with Crippen molar-refractivity contribution in [2.24, 2.45) is 5.92 Å². The highest BCUT2D eigenvalue weighted by molar-refractivity contribution is 5.68. The van der Waals surface area contributed by atoms with Crippen molar-refractivity contribution < 1.29 is 14.6 Å². The highest BCUT2D eigenvalue weighted by atomic mass is 16.6. The number of carbonyl (C=O) groups is 1. The number of hydrogen-bond donors (Lipinski definition) is 2. The van der Waals surface area contributed by atoms with E-state index in [0.29, 0.717) is 17.9 Å². The second kappa shape index (κ2) is 7.53. The summed E-state index contributed by atoms with van der Waals surface area (Å²) < 4.78 is 5.21. The molecule has 0 saturated carbocycles. The summed E-state index contributed by atoms with van der Waals surface area (Å²) in [6, 6.07) is -0.352. The molecule has 112 valence electrons. The summed E-state index contributed by atoms with van der Waals surface area (Å²) >= 11 is 0. The summed E-state index contributed by atoms with van der Waals surface area (Å²) in [5.74, 6) is 0.514. The van der Waals surface area contributed by atoms with Crippen molar-refractivity contribution in [2.45, 2.75) is 72.1 Å². The fourth-order valence-corrected chi connectivity index (χ4v) is 1.62. The molecule has 0 aromatic rings. The highest BCUT2D eigenvalue weighted by Crippen LogP contribution is 2.15. The van der Waals surface area contributed by atoms with Crippen molar-refractivity contribution in [3.05, 3.63) is 12.2 Å². The molecule has 1 amide bonds. The average molecular weight is 271 g/mol. The van der Waals surface area contributed by atoms with Gasteiger partial charge in [-0.15, -0.1) is 0 Å². The van der Waals surface area contributed by atoms with E-state index >= 15 is 0 Å². The van der Waals surface area contributed by atoms with Crippen molar-refractivity contribution in [3.8, 4) is 0 Å². The first-order chi connectivity index (χ1) is 8.53. The molecule has 0 aliphatic heterocycles. The van der Waals surface area contributed by atoms with Crippen LogP contribution in [0.2, 0.25) is 0 Å². The number of carbonyl (C=O) groups excluding carboxylic acids is 1. The second-order valence-electron chi connectivity index (χ2n) is 6.52. The van der Waals surface area contributed by atoms with Gasteiger partial charge >= 0.3 is 6.09 Å². The summed E-state index contributed by atoms with van der Waals surface area (Å²) in [7, 11) is 0. The van der Waals surface area contributed by atoms with Crippen LogP contribution in [0.5, 0.6) is 0 Å². The van der Waals surface area contributed by atoms with E-state index in [1.807, 2.05) is 20.8 Å². The number of hydrogen-bond acceptors (Lipinski definition) is 3. The number of alkyl carbamates (subject to hydrolysis) is 1. The number of aliphatic hydroxyl groups is 1. The SMILES string of the molecule is C=C(C)[C@H](O)[C@H](CCC(C)C)NC(=O)OC(C)(C)C. The molecule has 0 spiro atoms. The van der Waals surface area contributed by atoms with Gasteiger partial charge in [0.15, 0.2) is 0 Å². The average Bonchev–Trinajstić information content (AvgIpc) is 2.20. The summed E-state index contributed by atoms with van der Waals surface area (Å²) in [4.78, 5) is 11.8. The van der Waals surface area contributed by atoms with E-state index in [-0.39, 0.29) is 6.04 Å². The van der Waals surface area contributed by atoms with Crippen LogP contribution in [0.3, 0.4) is 0 Å². The van der Waals surface area contributed by atoms with Gasteiger partial charge in [0.1, 0.15) is 5.60 Å². The Labute approximate surface area is 117 Å². The minimum absolute atomic E-state index is 0.352. The molecular formula is C15H29NO3. The Bertz CT molecular complexity index is 305. The number of amides is 1. The molecule has 0 saturated heterocycles. The van der Waals surface area contributed by atoms with Crippen molar-refractivity contribution in [1.82, 2.24) is 5.32 Å². The maximum Gasteiger partial charge on any atom is 0.407 e. The van der Waals surface area contributed by atoms with Gasteiger partial charge in [-0.05, 0) is 46.5 Å². The molecule has 0 radical (unpaired) electrons. The van der Waals surface area contributed by atoms with Crippen LogP contribution in [-0.4, -0.2) is 28.9 Å². The molecule has 0 bridgehead atoms. The zero-order valence-corrected chi connectivity index (χ0v) is 13.1. The first kappa shape index (κ1) is 18.0. The molecule has 2 atom stereocenters. The Morgan fingerprint density at radius 1 is 1.32 bits per heavy atom. The number of aliphatic hydroxyl groups excluding tert-OH is 1. The number of nitrogens with one attached hydrogen (secondary N) is 1. The van der Waals surface area contributed by atoms with Gasteiger partial charge in [-0.25, -0.2) is 4.79 Å². The van der Waals surface area contributed by atoms with Crippen molar-refractivity contribution in [3.63, 3.8) is 0 Å². The normalized spacial score (nSPS) is 14.9. The largest absolute Gasteiger partial charge is 0.444 e. The Balaban J connectivity index is 4.57. The minimum Gasteiger partial charge on any atom is -0.444 e. The molecule has 0 unspecified atom stereocenters. The fraction of sp³-hybridized carbons (Fsp3) is 0.800. The third-order valence-corrected chi connectivity index (χ3v) is 2.64. The lowest BCUT2D eigenvalue weighted by molar-refractivity contribution is 0.0440. The van der Waals surface area contributed by atoms with E-state index in [1.165, 1.54) is 0 Å². The molecule has 0 aliphatic rings. The van der Waals surface area contributed by atoms with Gasteiger partial charge in [-0.3, -0.25) is 0 Å². The minimum atomic E-state index is -0.744. The summed E-state index contributed by atoms with van der Waals surface area (Å²) in [5.41, 5.74) is 0.103. The predicted molar refractivity (Wildman–Crippen MR) is 78.1 cm³/mol. The lowest BCUT2D eigenvalue weighted by Gasteiger charge is -2.27. The molecule has 0 aromatic carbocycles. The molecule has 2 N–H and O–H groups in total. The van der Waals surface area contributed by atoms with Gasteiger partial charge in [-0.1, -0.05) is 26.0 Å². The zero-order valence-electron chi connectivity index (χ0n) is 13.1. The molecule has 0 fully saturated rings. The van der Waals surface area contributed by atoms with Crippen LogP contribution in [0.15, 0.2) is 12.2 Å². The number of rotatable bonds is 6. The van der Waals surface area contributed by atoms with Gasteiger partial charge in [0.25, 0.3) is 0 Å². The van der Waals surface area contributed by atoms with Gasteiger partial charge in [0.2, 0.25) is 0 Å². The quantitative estimate of drug-likeness (QED) is 0.729. The Hall–Kier alpha value is -1.03. The van der Waals surface area contributed by atoms with Crippen LogP contribution in [-0.2, 0) is 4.74 Å². The van der Waals surface area contributed by atoms with E-state index in [4.69, 9.17) is 4.74 Å². The van der Waals surface area contributed by atoms with E-state index in [1.54, 1.807) is 6.92 Å². The molecule has 0 aliphatic carbocycles. The Morgan fingerprint density at radius 3 is 2.21 bits per heavy atom. The van der Waals surface area contributed by atoms with Gasteiger partial charge < -0.3 is 15.2 Å². The zero-order chi connectivity index (χ0) is 15.2. The van der Waals surface area contributed by atoms with Crippen molar-refractivity contribution in [1.29, 1.82) is 0 Å². The maximum atomic E-state index is 11.8. The lowest BCUT2D eigenvalue weighted by atomic mass is 9.96. The van der Waals surface area contributed by atoms with E-state index in [9.17, 15) is 9.90 Å². The Morgan fingerprint density at radius 2 is 1.84 bits per heavy atom. The van der Waals surface area contributed by atoms with E-state index < -0.39 is 17.8 Å². The molecule has 0 aromatic heterocycles. The molecule has 19 heavy (non-hydrogen) atoms. The monoisotopic (exact) mass is 271 g/mol. The number of ether oxygens (including phenoxy) is 1. The molecule has 0 heterocycles. The van der Waals surface area contributed by atoms with Crippen LogP contribution in [0.25, 0.3) is 0 Å². The smallest absolute Gasteiger partial charge is 0.407 e. The van der Waals surface area contributed by atoms with Crippen LogP contribution in [0.4, 0.5) is 4.79 Å². The van der Waals surface area contributed by atoms with Crippen LogP contribution in [0.1, 0.15) is 54.4 Å². The van der Waals surface area contributed by atoms with Crippen LogP contribution >= 0.6 is 0 Å². The van der Waals surface area contributed by atoms with E-state index in [0.717, 1.165) is 6.42 Å². The third-order valence-electron chi connectivity index (χ3n) is 2.64. The fourth-order valence-electron chi connectivity index (χ4n) is 1.62. The van der Waals surface area contributed by atoms with Crippen LogP contribution < -0.4 is 5.32 Å². The van der Waals surface area contributed by atoms with Gasteiger partial charge in [0.05, 0.1) is 12.1 Å². The highest BCUT2D eigenvalue weighted by Gasteiger charge is 2.24. The van der Waals surface area contributed by atoms with Crippen LogP contribution in [0, 0.1) is 5.92 Å². The summed E-state index contributed by atoms with van der Waals surface area (Å²) in [6.07, 6.45) is 0.378. The van der Waals surface area contributed by atoms with Crippen molar-refractivity contribution >= 4 is 6.09 Å². The molecule has 4 nitrogen and oxygen atoms in total. The summed E-state index contributed by atoms with van der Waals surface area (Å²) in [5, 5.41) is 12.8. The predicted octanol–water partition coefficient (Wildman–Crippen LogP) is 3.25. The standard InChI is InChI=1S/C15H29NO3/c1-10(2)8-9-12(13(17)11(3)4)16-14(18)19-15(5,6)7/h10,12-13,17H,3,8-9H2,1-2,4-7H3,(H,16,18)/t12-,13-/m0/s1.